The van der Waals surface area contributed by atoms with Crippen LogP contribution in [0.5, 0.6) is 0 Å². The highest BCUT2D eigenvalue weighted by atomic mass is 19.1. The lowest BCUT2D eigenvalue weighted by Gasteiger charge is -2.27. The van der Waals surface area contributed by atoms with Gasteiger partial charge in [0.25, 0.3) is 5.56 Å². The van der Waals surface area contributed by atoms with Crippen LogP contribution < -0.4 is 15.8 Å². The average Bonchev–Trinajstić information content (AvgIpc) is 2.72. The van der Waals surface area contributed by atoms with E-state index in [0.29, 0.717) is 49.9 Å². The number of benzene rings is 1. The molecule has 1 aromatic carbocycles. The summed E-state index contributed by atoms with van der Waals surface area (Å²) in [6.07, 6.45) is 0.477. The second-order valence-electron chi connectivity index (χ2n) is 7.89. The lowest BCUT2D eigenvalue weighted by atomic mass is 9.95. The quantitative estimate of drug-likeness (QED) is 0.724. The van der Waals surface area contributed by atoms with Crippen molar-refractivity contribution in [3.8, 4) is 0 Å². The summed E-state index contributed by atoms with van der Waals surface area (Å²) < 4.78 is 18.5. The van der Waals surface area contributed by atoms with Gasteiger partial charge in [0.05, 0.1) is 19.3 Å². The van der Waals surface area contributed by atoms with E-state index < -0.39 is 0 Å². The Morgan fingerprint density at radius 2 is 1.93 bits per heavy atom. The Morgan fingerprint density at radius 1 is 1.27 bits per heavy atom. The van der Waals surface area contributed by atoms with Gasteiger partial charge in [0.15, 0.2) is 0 Å². The van der Waals surface area contributed by atoms with Crippen LogP contribution in [0.4, 0.5) is 10.3 Å². The number of aromatic amines is 1. The molecule has 1 atom stereocenters. The largest absolute Gasteiger partial charge is 0.378 e. The van der Waals surface area contributed by atoms with Crippen LogP contribution in [0.25, 0.3) is 0 Å². The van der Waals surface area contributed by atoms with Crippen molar-refractivity contribution in [3.63, 3.8) is 0 Å². The van der Waals surface area contributed by atoms with E-state index in [1.165, 1.54) is 12.1 Å². The fourth-order valence-electron chi connectivity index (χ4n) is 3.60. The monoisotopic (exact) mass is 416 g/mol. The Kier molecular flexibility index (Phi) is 7.20. The molecular weight excluding hydrogens is 387 g/mol. The second kappa shape index (κ2) is 9.84. The number of halogens is 1. The topological polar surface area (TPSA) is 87.3 Å². The molecule has 162 valence electrons. The third kappa shape index (κ3) is 5.44. The van der Waals surface area contributed by atoms with Gasteiger partial charge in [0.2, 0.25) is 11.9 Å². The number of rotatable bonds is 7. The molecule has 0 unspecified atom stereocenters. The fourth-order valence-corrected chi connectivity index (χ4v) is 3.60. The number of hydrogen-bond donors (Lipinski definition) is 2. The van der Waals surface area contributed by atoms with Crippen LogP contribution in [0.1, 0.15) is 43.1 Å². The Labute approximate surface area is 175 Å². The van der Waals surface area contributed by atoms with Crippen molar-refractivity contribution < 1.29 is 13.9 Å². The predicted octanol–water partition coefficient (Wildman–Crippen LogP) is 2.50. The summed E-state index contributed by atoms with van der Waals surface area (Å²) in [5, 5.41) is 3.01. The molecule has 0 spiro atoms. The first-order chi connectivity index (χ1) is 14.3. The van der Waals surface area contributed by atoms with E-state index in [2.05, 4.69) is 15.3 Å². The molecular formula is C22H29FN4O3. The number of hydrogen-bond acceptors (Lipinski definition) is 5. The Hall–Kier alpha value is -2.74. The van der Waals surface area contributed by atoms with Crippen molar-refractivity contribution in [3.05, 3.63) is 57.3 Å². The predicted molar refractivity (Wildman–Crippen MR) is 113 cm³/mol. The number of aryl methyl sites for hydroxylation is 1. The molecule has 2 N–H and O–H groups in total. The maximum Gasteiger partial charge on any atom is 0.255 e. The standard InChI is InChI=1S/C22H29FN4O3/c1-14(2)20(16-4-6-17(23)7-5-16)25-19(28)9-8-18-15(3)24-22(26-21(18)29)27-10-12-30-13-11-27/h4-7,14,20H,8-13H2,1-3H3,(H,25,28)(H,24,26,29)/t20-/m0/s1. The first kappa shape index (κ1) is 22.0. The molecule has 0 bridgehead atoms. The number of carbonyl (C=O) groups excluding carboxylic acids is 1. The van der Waals surface area contributed by atoms with Crippen LogP contribution in [-0.4, -0.2) is 42.2 Å². The zero-order valence-electron chi connectivity index (χ0n) is 17.7. The maximum atomic E-state index is 13.2. The second-order valence-corrected chi connectivity index (χ2v) is 7.89. The smallest absolute Gasteiger partial charge is 0.255 e. The molecule has 1 aliphatic rings. The summed E-state index contributed by atoms with van der Waals surface area (Å²) in [6.45, 7) is 8.37. The third-order valence-corrected chi connectivity index (χ3v) is 5.33. The number of morpholine rings is 1. The van der Waals surface area contributed by atoms with Crippen molar-refractivity contribution in [1.29, 1.82) is 0 Å². The molecule has 1 aliphatic heterocycles. The molecule has 1 amide bonds. The van der Waals surface area contributed by atoms with Gasteiger partial charge in [-0.1, -0.05) is 26.0 Å². The number of anilines is 1. The molecule has 1 aromatic heterocycles. The van der Waals surface area contributed by atoms with Crippen LogP contribution >= 0.6 is 0 Å². The van der Waals surface area contributed by atoms with Gasteiger partial charge in [0, 0.05) is 30.8 Å². The van der Waals surface area contributed by atoms with Crippen LogP contribution in [0.2, 0.25) is 0 Å². The van der Waals surface area contributed by atoms with Crippen molar-refractivity contribution in [2.75, 3.05) is 31.2 Å². The number of ether oxygens (including phenoxy) is 1. The summed E-state index contributed by atoms with van der Waals surface area (Å²) in [7, 11) is 0. The molecule has 0 aliphatic carbocycles. The van der Waals surface area contributed by atoms with Gasteiger partial charge in [-0.05, 0) is 37.0 Å². The summed E-state index contributed by atoms with van der Waals surface area (Å²) >= 11 is 0. The van der Waals surface area contributed by atoms with E-state index in [-0.39, 0.29) is 35.7 Å². The first-order valence-corrected chi connectivity index (χ1v) is 10.3. The van der Waals surface area contributed by atoms with E-state index in [0.717, 1.165) is 5.56 Å². The number of nitrogens with one attached hydrogen (secondary N) is 2. The van der Waals surface area contributed by atoms with Crippen molar-refractivity contribution in [2.24, 2.45) is 5.92 Å². The van der Waals surface area contributed by atoms with Crippen LogP contribution in [0, 0.1) is 18.7 Å². The summed E-state index contributed by atoms with van der Waals surface area (Å²) in [5.41, 5.74) is 1.79. The first-order valence-electron chi connectivity index (χ1n) is 10.3. The highest BCUT2D eigenvalue weighted by Gasteiger charge is 2.20. The molecule has 2 heterocycles. The summed E-state index contributed by atoms with van der Waals surface area (Å²) in [4.78, 5) is 34.5. The minimum absolute atomic E-state index is 0.138. The van der Waals surface area contributed by atoms with Gasteiger partial charge in [-0.15, -0.1) is 0 Å². The Morgan fingerprint density at radius 3 is 2.53 bits per heavy atom. The lowest BCUT2D eigenvalue weighted by molar-refractivity contribution is -0.122. The number of H-pyrrole nitrogens is 1. The number of nitrogens with zero attached hydrogens (tertiary/aromatic N) is 2. The van der Waals surface area contributed by atoms with Crippen LogP contribution in [0.3, 0.4) is 0 Å². The third-order valence-electron chi connectivity index (χ3n) is 5.33. The van der Waals surface area contributed by atoms with E-state index in [4.69, 9.17) is 4.74 Å². The Bertz CT molecular complexity index is 921. The molecule has 3 rings (SSSR count). The van der Waals surface area contributed by atoms with Gasteiger partial charge in [-0.25, -0.2) is 9.37 Å². The zero-order valence-corrected chi connectivity index (χ0v) is 17.7. The number of amides is 1. The minimum atomic E-state index is -0.310. The van der Waals surface area contributed by atoms with E-state index >= 15 is 0 Å². The van der Waals surface area contributed by atoms with Gasteiger partial charge in [0.1, 0.15) is 5.82 Å². The SMILES string of the molecule is Cc1nc(N2CCOCC2)[nH]c(=O)c1CCC(=O)N[C@H](c1ccc(F)cc1)C(C)C. The van der Waals surface area contributed by atoms with Crippen LogP contribution in [-0.2, 0) is 16.0 Å². The van der Waals surface area contributed by atoms with E-state index in [1.807, 2.05) is 18.7 Å². The molecule has 1 saturated heterocycles. The fraction of sp³-hybridized carbons (Fsp3) is 0.500. The highest BCUT2D eigenvalue weighted by Crippen LogP contribution is 2.22. The zero-order chi connectivity index (χ0) is 21.7. The van der Waals surface area contributed by atoms with E-state index in [1.54, 1.807) is 19.1 Å². The maximum absolute atomic E-state index is 13.2. The summed E-state index contributed by atoms with van der Waals surface area (Å²) in [6, 6.07) is 5.93. The molecule has 7 nitrogen and oxygen atoms in total. The van der Waals surface area contributed by atoms with Gasteiger partial charge < -0.3 is 15.0 Å². The van der Waals surface area contributed by atoms with Crippen molar-refractivity contribution >= 4 is 11.9 Å². The molecule has 2 aromatic rings. The van der Waals surface area contributed by atoms with Crippen molar-refractivity contribution in [2.45, 2.75) is 39.7 Å². The minimum Gasteiger partial charge on any atom is -0.378 e. The highest BCUT2D eigenvalue weighted by molar-refractivity contribution is 5.76. The van der Waals surface area contributed by atoms with Gasteiger partial charge in [-0.3, -0.25) is 14.6 Å². The molecule has 8 heteroatoms. The molecule has 0 saturated carbocycles. The Balaban J connectivity index is 1.64. The van der Waals surface area contributed by atoms with Crippen LogP contribution in [0.15, 0.2) is 29.1 Å². The normalized spacial score (nSPS) is 15.3. The van der Waals surface area contributed by atoms with E-state index in [9.17, 15) is 14.0 Å². The average molecular weight is 416 g/mol. The molecule has 1 fully saturated rings. The summed E-state index contributed by atoms with van der Waals surface area (Å²) in [5.74, 6) is 0.216. The van der Waals surface area contributed by atoms with Gasteiger partial charge in [-0.2, -0.15) is 0 Å². The lowest BCUT2D eigenvalue weighted by Crippen LogP contribution is -2.38. The van der Waals surface area contributed by atoms with Gasteiger partial charge >= 0.3 is 0 Å². The molecule has 30 heavy (non-hydrogen) atoms. The van der Waals surface area contributed by atoms with Crippen molar-refractivity contribution in [1.82, 2.24) is 15.3 Å². The molecule has 0 radical (unpaired) electrons. The number of carbonyl (C=O) groups is 1. The number of aromatic nitrogens is 2.